The van der Waals surface area contributed by atoms with Crippen LogP contribution in [-0.4, -0.2) is 23.4 Å². The summed E-state index contributed by atoms with van der Waals surface area (Å²) in [7, 11) is 0. The summed E-state index contributed by atoms with van der Waals surface area (Å²) in [5, 5.41) is 12.9. The van der Waals surface area contributed by atoms with Crippen molar-refractivity contribution in [2.45, 2.75) is 32.7 Å². The molecule has 5 heteroatoms. The lowest BCUT2D eigenvalue weighted by molar-refractivity contribution is -0.121. The molecule has 0 unspecified atom stereocenters. The fraction of sp³-hybridized carbons (Fsp3) is 0.231. The number of hydrogen-bond donors (Lipinski definition) is 2. The van der Waals surface area contributed by atoms with Gasteiger partial charge in [-0.3, -0.25) is 9.59 Å². The number of phenols is 1. The van der Waals surface area contributed by atoms with Crippen molar-refractivity contribution in [3.8, 4) is 11.5 Å². The second-order valence-electron chi connectivity index (χ2n) is 7.36. The predicted molar refractivity (Wildman–Crippen MR) is 120 cm³/mol. The average Bonchev–Trinajstić information content (AvgIpc) is 2.79. The predicted octanol–water partition coefficient (Wildman–Crippen LogP) is 4.97. The van der Waals surface area contributed by atoms with E-state index in [-0.39, 0.29) is 42.1 Å². The van der Waals surface area contributed by atoms with Crippen LogP contribution in [0.3, 0.4) is 0 Å². The van der Waals surface area contributed by atoms with Gasteiger partial charge in [-0.15, -0.1) is 0 Å². The van der Waals surface area contributed by atoms with Gasteiger partial charge in [-0.1, -0.05) is 60.2 Å². The topological polar surface area (TPSA) is 75.6 Å². The number of nitrogens with one attached hydrogen (secondary N) is 1. The van der Waals surface area contributed by atoms with Crippen molar-refractivity contribution >= 4 is 11.7 Å². The first-order chi connectivity index (χ1) is 15.0. The molecule has 3 aromatic rings. The van der Waals surface area contributed by atoms with E-state index in [2.05, 4.69) is 5.32 Å². The number of carbonyl (C=O) groups excluding carboxylic acids is 2. The van der Waals surface area contributed by atoms with Crippen molar-refractivity contribution < 1.29 is 19.4 Å². The normalized spacial score (nSPS) is 11.5. The van der Waals surface area contributed by atoms with E-state index in [1.807, 2.05) is 61.5 Å². The van der Waals surface area contributed by atoms with Gasteiger partial charge in [0.1, 0.15) is 0 Å². The number of carbonyl (C=O) groups is 2. The highest BCUT2D eigenvalue weighted by Gasteiger charge is 2.18. The first-order valence-electron chi connectivity index (χ1n) is 10.4. The fourth-order valence-corrected chi connectivity index (χ4v) is 3.33. The summed E-state index contributed by atoms with van der Waals surface area (Å²) in [5.41, 5.74) is 3.52. The molecule has 1 amide bonds. The number of Topliss-reactive ketones (excluding diaryl/α,β-unsaturated/α-hetero) is 1. The lowest BCUT2D eigenvalue weighted by atomic mass is 9.97. The number of ether oxygens (including phenoxy) is 1. The van der Waals surface area contributed by atoms with Crippen LogP contribution < -0.4 is 10.1 Å². The summed E-state index contributed by atoms with van der Waals surface area (Å²) < 4.78 is 5.33. The van der Waals surface area contributed by atoms with E-state index >= 15 is 0 Å². The van der Waals surface area contributed by atoms with Crippen LogP contribution >= 0.6 is 0 Å². The number of ketones is 1. The molecule has 0 heterocycles. The first-order valence-corrected chi connectivity index (χ1v) is 10.4. The van der Waals surface area contributed by atoms with E-state index in [4.69, 9.17) is 4.74 Å². The average molecular weight is 418 g/mol. The van der Waals surface area contributed by atoms with Crippen LogP contribution in [0.1, 0.15) is 52.9 Å². The van der Waals surface area contributed by atoms with Crippen molar-refractivity contribution in [2.24, 2.45) is 0 Å². The second kappa shape index (κ2) is 10.4. The molecule has 2 N–H and O–H groups in total. The molecular formula is C26H27NO4. The Kier molecular flexibility index (Phi) is 7.44. The first kappa shape index (κ1) is 22.1. The van der Waals surface area contributed by atoms with Gasteiger partial charge in [0.25, 0.3) is 0 Å². The molecule has 0 radical (unpaired) electrons. The number of aryl methyl sites for hydroxylation is 1. The van der Waals surface area contributed by atoms with Crippen LogP contribution in [-0.2, 0) is 4.79 Å². The summed E-state index contributed by atoms with van der Waals surface area (Å²) in [5.74, 6) is -0.129. The van der Waals surface area contributed by atoms with Crippen molar-refractivity contribution in [3.63, 3.8) is 0 Å². The number of rotatable bonds is 9. The van der Waals surface area contributed by atoms with Gasteiger partial charge in [0.2, 0.25) is 5.91 Å². The molecule has 0 spiro atoms. The Morgan fingerprint density at radius 3 is 2.29 bits per heavy atom. The van der Waals surface area contributed by atoms with Crippen LogP contribution in [0.15, 0.2) is 72.8 Å². The maximum Gasteiger partial charge on any atom is 0.221 e. The maximum absolute atomic E-state index is 12.7. The highest BCUT2D eigenvalue weighted by Crippen LogP contribution is 2.27. The standard InChI is InChI=1S/C26H27NO4/c1-3-31-24-17-21(13-14-23(24)29)22(28)15-16-25(30)27-26(19-7-5-4-6-8-19)20-11-9-18(2)10-12-20/h4-14,17,26,29H,3,15-16H2,1-2H3,(H,27,30)/t26-/m1/s1. The molecule has 3 rings (SSSR count). The van der Waals surface area contributed by atoms with Gasteiger partial charge in [-0.2, -0.15) is 0 Å². The van der Waals surface area contributed by atoms with E-state index < -0.39 is 0 Å². The third-order valence-electron chi connectivity index (χ3n) is 5.01. The summed E-state index contributed by atoms with van der Waals surface area (Å²) in [6.07, 6.45) is 0.135. The van der Waals surface area contributed by atoms with Gasteiger partial charge in [-0.25, -0.2) is 0 Å². The minimum absolute atomic E-state index is 0.0139. The Morgan fingerprint density at radius 2 is 1.61 bits per heavy atom. The van der Waals surface area contributed by atoms with E-state index in [9.17, 15) is 14.7 Å². The molecule has 0 aromatic heterocycles. The van der Waals surface area contributed by atoms with Crippen LogP contribution in [0.25, 0.3) is 0 Å². The van der Waals surface area contributed by atoms with Crippen molar-refractivity contribution in [2.75, 3.05) is 6.61 Å². The third-order valence-corrected chi connectivity index (χ3v) is 5.01. The van der Waals surface area contributed by atoms with Crippen molar-refractivity contribution in [3.05, 3.63) is 95.1 Å². The molecule has 0 aliphatic heterocycles. The van der Waals surface area contributed by atoms with Gasteiger partial charge < -0.3 is 15.2 Å². The number of benzene rings is 3. The highest BCUT2D eigenvalue weighted by atomic mass is 16.5. The highest BCUT2D eigenvalue weighted by molar-refractivity contribution is 5.98. The summed E-state index contributed by atoms with van der Waals surface area (Å²) >= 11 is 0. The van der Waals surface area contributed by atoms with Crippen LogP contribution in [0.5, 0.6) is 11.5 Å². The quantitative estimate of drug-likeness (QED) is 0.482. The number of hydrogen-bond acceptors (Lipinski definition) is 4. The van der Waals surface area contributed by atoms with E-state index in [0.29, 0.717) is 12.2 Å². The molecule has 3 aromatic carbocycles. The largest absolute Gasteiger partial charge is 0.504 e. The Morgan fingerprint density at radius 1 is 0.935 bits per heavy atom. The van der Waals surface area contributed by atoms with Crippen molar-refractivity contribution in [1.82, 2.24) is 5.32 Å². The smallest absolute Gasteiger partial charge is 0.221 e. The molecule has 0 aliphatic rings. The fourth-order valence-electron chi connectivity index (χ4n) is 3.33. The lowest BCUT2D eigenvalue weighted by Gasteiger charge is -2.20. The Balaban J connectivity index is 1.68. The molecule has 31 heavy (non-hydrogen) atoms. The number of aromatic hydroxyl groups is 1. The summed E-state index contributed by atoms with van der Waals surface area (Å²) in [4.78, 5) is 25.3. The van der Waals surface area contributed by atoms with Crippen LogP contribution in [0, 0.1) is 6.92 Å². The molecule has 0 aliphatic carbocycles. The van der Waals surface area contributed by atoms with E-state index in [1.165, 1.54) is 18.2 Å². The second-order valence-corrected chi connectivity index (χ2v) is 7.36. The molecule has 0 saturated heterocycles. The van der Waals surface area contributed by atoms with Crippen LogP contribution in [0.4, 0.5) is 0 Å². The molecule has 0 fully saturated rings. The molecule has 160 valence electrons. The molecule has 0 bridgehead atoms. The van der Waals surface area contributed by atoms with Gasteiger partial charge in [0.15, 0.2) is 17.3 Å². The van der Waals surface area contributed by atoms with Gasteiger partial charge in [-0.05, 0) is 43.2 Å². The van der Waals surface area contributed by atoms with Crippen LogP contribution in [0.2, 0.25) is 0 Å². The monoisotopic (exact) mass is 417 g/mol. The van der Waals surface area contributed by atoms with Gasteiger partial charge >= 0.3 is 0 Å². The van der Waals surface area contributed by atoms with E-state index in [1.54, 1.807) is 6.92 Å². The Hall–Kier alpha value is -3.60. The third kappa shape index (κ3) is 5.95. The van der Waals surface area contributed by atoms with Gasteiger partial charge in [0, 0.05) is 18.4 Å². The summed E-state index contributed by atoms with van der Waals surface area (Å²) in [6.45, 7) is 4.20. The molecule has 0 saturated carbocycles. The SMILES string of the molecule is CCOc1cc(C(=O)CCC(=O)N[C@H](c2ccccc2)c2ccc(C)cc2)ccc1O. The molecule has 1 atom stereocenters. The summed E-state index contributed by atoms with van der Waals surface area (Å²) in [6, 6.07) is 22.0. The maximum atomic E-state index is 12.7. The zero-order valence-corrected chi connectivity index (χ0v) is 17.8. The Labute approximate surface area is 182 Å². The Bertz CT molecular complexity index is 1030. The van der Waals surface area contributed by atoms with Gasteiger partial charge in [0.05, 0.1) is 12.6 Å². The number of phenolic OH excluding ortho intramolecular Hbond substituents is 1. The lowest BCUT2D eigenvalue weighted by Crippen LogP contribution is -2.29. The minimum atomic E-state index is -0.289. The zero-order chi connectivity index (χ0) is 22.2. The minimum Gasteiger partial charge on any atom is -0.504 e. The molecular weight excluding hydrogens is 390 g/mol. The zero-order valence-electron chi connectivity index (χ0n) is 17.8. The van der Waals surface area contributed by atoms with Crippen molar-refractivity contribution in [1.29, 1.82) is 0 Å². The number of amides is 1. The van der Waals surface area contributed by atoms with E-state index in [0.717, 1.165) is 16.7 Å². The molecule has 5 nitrogen and oxygen atoms in total.